The van der Waals surface area contributed by atoms with E-state index in [4.69, 9.17) is 0 Å². The van der Waals surface area contributed by atoms with Crippen molar-refractivity contribution in [2.24, 2.45) is 0 Å². The average molecular weight is 305 g/mol. The smallest absolute Gasteiger partial charge is 0.253 e. The van der Waals surface area contributed by atoms with Gasteiger partial charge in [0.25, 0.3) is 5.91 Å². The minimum absolute atomic E-state index is 0.254. The second-order valence-corrected chi connectivity index (χ2v) is 5.51. The molecular formula is C16H20FN3O2. The fourth-order valence-corrected chi connectivity index (χ4v) is 2.33. The Morgan fingerprint density at radius 3 is 2.68 bits per heavy atom. The van der Waals surface area contributed by atoms with Crippen LogP contribution in [0.4, 0.5) is 4.39 Å². The van der Waals surface area contributed by atoms with E-state index in [2.05, 4.69) is 5.32 Å². The minimum Gasteiger partial charge on any atom is -0.352 e. The van der Waals surface area contributed by atoms with Crippen LogP contribution in [-0.4, -0.2) is 48.5 Å². The Morgan fingerprint density at radius 2 is 2.05 bits per heavy atom. The molecular weight excluding hydrogens is 285 g/mol. The Labute approximate surface area is 128 Å². The summed E-state index contributed by atoms with van der Waals surface area (Å²) in [5, 5.41) is 3.40. The van der Waals surface area contributed by atoms with Crippen LogP contribution in [0.3, 0.4) is 0 Å². The molecule has 0 saturated carbocycles. The van der Waals surface area contributed by atoms with Crippen LogP contribution in [0.25, 0.3) is 10.9 Å². The lowest BCUT2D eigenvalue weighted by molar-refractivity contribution is 0.0941. The number of nitrogens with one attached hydrogen (secondary N) is 1. The minimum atomic E-state index is -0.439. The van der Waals surface area contributed by atoms with Crippen molar-refractivity contribution in [2.75, 3.05) is 27.2 Å². The van der Waals surface area contributed by atoms with Gasteiger partial charge in [0.05, 0.1) is 11.1 Å². The number of fused-ring (bicyclic) bond motifs is 1. The predicted molar refractivity (Wildman–Crippen MR) is 83.7 cm³/mol. The molecule has 118 valence electrons. The van der Waals surface area contributed by atoms with Crippen molar-refractivity contribution >= 4 is 22.7 Å². The van der Waals surface area contributed by atoms with E-state index in [-0.39, 0.29) is 11.8 Å². The molecule has 1 heterocycles. The van der Waals surface area contributed by atoms with Crippen molar-refractivity contribution in [1.29, 1.82) is 0 Å². The third kappa shape index (κ3) is 3.51. The second kappa shape index (κ2) is 6.70. The third-order valence-electron chi connectivity index (χ3n) is 3.42. The summed E-state index contributed by atoms with van der Waals surface area (Å²) in [4.78, 5) is 26.0. The number of hydrogen-bond donors (Lipinski definition) is 1. The van der Waals surface area contributed by atoms with Gasteiger partial charge in [0, 0.05) is 25.1 Å². The zero-order valence-corrected chi connectivity index (χ0v) is 13.0. The van der Waals surface area contributed by atoms with E-state index in [1.165, 1.54) is 35.9 Å². The van der Waals surface area contributed by atoms with Gasteiger partial charge in [-0.1, -0.05) is 0 Å². The molecule has 2 aromatic rings. The van der Waals surface area contributed by atoms with Crippen LogP contribution in [0.2, 0.25) is 0 Å². The first-order valence-electron chi connectivity index (χ1n) is 7.14. The first-order chi connectivity index (χ1) is 10.4. The molecule has 6 heteroatoms. The molecule has 0 unspecified atom stereocenters. The van der Waals surface area contributed by atoms with Gasteiger partial charge >= 0.3 is 0 Å². The molecule has 1 aromatic heterocycles. The normalized spacial score (nSPS) is 11.1. The first-order valence-corrected chi connectivity index (χ1v) is 7.14. The molecule has 22 heavy (non-hydrogen) atoms. The number of carbonyl (C=O) groups excluding carboxylic acids is 2. The number of aromatic nitrogens is 1. The van der Waals surface area contributed by atoms with Gasteiger partial charge in [0.2, 0.25) is 5.91 Å². The Kier molecular flexibility index (Phi) is 4.92. The molecule has 0 aliphatic rings. The molecule has 1 N–H and O–H groups in total. The summed E-state index contributed by atoms with van der Waals surface area (Å²) in [7, 11) is 3.94. The summed E-state index contributed by atoms with van der Waals surface area (Å²) < 4.78 is 14.7. The van der Waals surface area contributed by atoms with Gasteiger partial charge in [-0.2, -0.15) is 0 Å². The molecule has 0 saturated heterocycles. The molecule has 0 fully saturated rings. The lowest BCUT2D eigenvalue weighted by Crippen LogP contribution is -2.27. The first kappa shape index (κ1) is 16.2. The summed E-state index contributed by atoms with van der Waals surface area (Å²) in [6, 6.07) is 4.08. The molecule has 2 rings (SSSR count). The molecule has 0 bridgehead atoms. The van der Waals surface area contributed by atoms with Crippen LogP contribution in [0.15, 0.2) is 24.4 Å². The van der Waals surface area contributed by atoms with Crippen LogP contribution < -0.4 is 5.32 Å². The summed E-state index contributed by atoms with van der Waals surface area (Å²) in [5.74, 6) is -0.955. The summed E-state index contributed by atoms with van der Waals surface area (Å²) in [6.07, 6.45) is 2.30. The Balaban J connectivity index is 2.23. The standard InChI is InChI=1S/C16H20FN3O2/c1-11(21)20-10-14(13-6-5-12(17)9-15(13)20)16(22)18-7-4-8-19(2)3/h5-6,9-10H,4,7-8H2,1-3H3,(H,18,22). The molecule has 1 amide bonds. The number of rotatable bonds is 5. The number of benzene rings is 1. The number of halogens is 1. The van der Waals surface area contributed by atoms with Gasteiger partial charge in [-0.25, -0.2) is 4.39 Å². The fraction of sp³-hybridized carbons (Fsp3) is 0.375. The third-order valence-corrected chi connectivity index (χ3v) is 3.42. The summed E-state index contributed by atoms with van der Waals surface area (Å²) in [5.41, 5.74) is 0.793. The number of hydrogen-bond acceptors (Lipinski definition) is 3. The van der Waals surface area contributed by atoms with Crippen LogP contribution in [0.5, 0.6) is 0 Å². The van der Waals surface area contributed by atoms with E-state index in [1.54, 1.807) is 0 Å². The van der Waals surface area contributed by atoms with Gasteiger partial charge in [0.15, 0.2) is 0 Å². The highest BCUT2D eigenvalue weighted by Gasteiger charge is 2.17. The quantitative estimate of drug-likeness (QED) is 0.861. The SMILES string of the molecule is CC(=O)n1cc(C(=O)NCCCN(C)C)c2ccc(F)cc21. The summed E-state index contributed by atoms with van der Waals surface area (Å²) >= 11 is 0. The second-order valence-electron chi connectivity index (χ2n) is 5.51. The van der Waals surface area contributed by atoms with Gasteiger partial charge in [-0.15, -0.1) is 0 Å². The van der Waals surface area contributed by atoms with Crippen molar-refractivity contribution in [1.82, 2.24) is 14.8 Å². The average Bonchev–Trinajstić information content (AvgIpc) is 2.82. The molecule has 0 aliphatic carbocycles. The van der Waals surface area contributed by atoms with Crippen LogP contribution in [-0.2, 0) is 0 Å². The number of amides is 1. The highest BCUT2D eigenvalue weighted by Crippen LogP contribution is 2.22. The lowest BCUT2D eigenvalue weighted by atomic mass is 10.1. The molecule has 0 atom stereocenters. The van der Waals surface area contributed by atoms with Gasteiger partial charge < -0.3 is 10.2 Å². The van der Waals surface area contributed by atoms with Gasteiger partial charge in [-0.3, -0.25) is 14.2 Å². The van der Waals surface area contributed by atoms with Crippen molar-refractivity contribution in [2.45, 2.75) is 13.3 Å². The lowest BCUT2D eigenvalue weighted by Gasteiger charge is -2.09. The van der Waals surface area contributed by atoms with E-state index >= 15 is 0 Å². The van der Waals surface area contributed by atoms with Crippen molar-refractivity contribution < 1.29 is 14.0 Å². The maximum absolute atomic E-state index is 13.4. The van der Waals surface area contributed by atoms with E-state index in [0.29, 0.717) is 23.0 Å². The highest BCUT2D eigenvalue weighted by atomic mass is 19.1. The van der Waals surface area contributed by atoms with E-state index < -0.39 is 5.82 Å². The molecule has 0 spiro atoms. The van der Waals surface area contributed by atoms with E-state index in [0.717, 1.165) is 13.0 Å². The maximum atomic E-state index is 13.4. The Morgan fingerprint density at radius 1 is 1.32 bits per heavy atom. The summed E-state index contributed by atoms with van der Waals surface area (Å²) in [6.45, 7) is 2.80. The topological polar surface area (TPSA) is 54.3 Å². The zero-order chi connectivity index (χ0) is 16.3. The van der Waals surface area contributed by atoms with Gasteiger partial charge in [0.1, 0.15) is 5.82 Å². The van der Waals surface area contributed by atoms with Crippen molar-refractivity contribution in [3.63, 3.8) is 0 Å². The molecule has 0 aliphatic heterocycles. The predicted octanol–water partition coefficient (Wildman–Crippen LogP) is 2.12. The van der Waals surface area contributed by atoms with Gasteiger partial charge in [-0.05, 0) is 45.3 Å². The maximum Gasteiger partial charge on any atom is 0.253 e. The zero-order valence-electron chi connectivity index (χ0n) is 13.0. The molecule has 5 nitrogen and oxygen atoms in total. The van der Waals surface area contributed by atoms with Crippen LogP contribution in [0, 0.1) is 5.82 Å². The Hall–Kier alpha value is -2.21. The van der Waals surface area contributed by atoms with Crippen LogP contribution in [0.1, 0.15) is 28.5 Å². The van der Waals surface area contributed by atoms with Crippen molar-refractivity contribution in [3.8, 4) is 0 Å². The highest BCUT2D eigenvalue weighted by molar-refractivity contribution is 6.09. The van der Waals surface area contributed by atoms with E-state index in [1.807, 2.05) is 19.0 Å². The monoisotopic (exact) mass is 305 g/mol. The largest absolute Gasteiger partial charge is 0.352 e. The number of carbonyl (C=O) groups is 2. The van der Waals surface area contributed by atoms with Crippen molar-refractivity contribution in [3.05, 3.63) is 35.8 Å². The Bertz CT molecular complexity index is 707. The molecule has 1 aromatic carbocycles. The van der Waals surface area contributed by atoms with E-state index in [9.17, 15) is 14.0 Å². The fourth-order valence-electron chi connectivity index (χ4n) is 2.33. The van der Waals surface area contributed by atoms with Crippen LogP contribution >= 0.6 is 0 Å². The molecule has 0 radical (unpaired) electrons. The number of nitrogens with zero attached hydrogens (tertiary/aromatic N) is 2.